The topological polar surface area (TPSA) is 87.8 Å². The molecule has 6 nitrogen and oxygen atoms in total. The van der Waals surface area contributed by atoms with Crippen molar-refractivity contribution in [2.24, 2.45) is 0 Å². The third kappa shape index (κ3) is 3.65. The smallest absolute Gasteiger partial charge is 0.210 e. The van der Waals surface area contributed by atoms with E-state index in [1.54, 1.807) is 37.3 Å². The quantitative estimate of drug-likeness (QED) is 0.243. The Morgan fingerprint density at radius 3 is 2.62 bits per heavy atom. The highest BCUT2D eigenvalue weighted by Crippen LogP contribution is 2.36. The van der Waals surface area contributed by atoms with Crippen molar-refractivity contribution in [1.29, 1.82) is 0 Å². The van der Waals surface area contributed by atoms with Crippen molar-refractivity contribution < 1.29 is 23.1 Å². The molecule has 0 unspecified atom stereocenters. The molecule has 8 heteroatoms. The monoisotopic (exact) mass is 457 g/mol. The van der Waals surface area contributed by atoms with Gasteiger partial charge in [0.05, 0.1) is 11.8 Å². The Morgan fingerprint density at radius 1 is 1.06 bits per heavy atom. The molecule has 0 bridgehead atoms. The molecule has 168 valence electrons. The van der Waals surface area contributed by atoms with E-state index in [-0.39, 0.29) is 34.4 Å². The number of nitrogens with one attached hydrogen (secondary N) is 2. The summed E-state index contributed by atoms with van der Waals surface area (Å²) in [6.07, 6.45) is 3.51. The van der Waals surface area contributed by atoms with Gasteiger partial charge in [-0.3, -0.25) is 9.59 Å². The molecule has 5 aromatic rings. The molecule has 0 radical (unpaired) electrons. The molecule has 0 aliphatic rings. The molecule has 0 aliphatic heterocycles. The summed E-state index contributed by atoms with van der Waals surface area (Å²) in [4.78, 5) is 33.8. The summed E-state index contributed by atoms with van der Waals surface area (Å²) in [5, 5.41) is 0.545. The van der Waals surface area contributed by atoms with E-state index < -0.39 is 11.6 Å². The number of aromatic amines is 2. The first-order valence-electron chi connectivity index (χ1n) is 10.3. The van der Waals surface area contributed by atoms with Gasteiger partial charge in [0.15, 0.2) is 17.9 Å². The van der Waals surface area contributed by atoms with E-state index in [9.17, 15) is 18.4 Å². The van der Waals surface area contributed by atoms with Gasteiger partial charge in [-0.05, 0) is 25.1 Å². The maximum Gasteiger partial charge on any atom is 0.210 e. The minimum absolute atomic E-state index is 0.0546. The summed E-state index contributed by atoms with van der Waals surface area (Å²) in [6, 6.07) is 13.8. The van der Waals surface area contributed by atoms with Crippen LogP contribution in [0.2, 0.25) is 0 Å². The van der Waals surface area contributed by atoms with Crippen LogP contribution in [0, 0.1) is 18.6 Å². The SMILES string of the molecule is Cc1c(Oc2ccc(F)c(-c3ncc(C(=O)c4ccccc4)[nH]3)c2)c(F)cc2[nH]cc(C=O)c12. The van der Waals surface area contributed by atoms with Gasteiger partial charge < -0.3 is 14.7 Å². The minimum Gasteiger partial charge on any atom is -0.454 e. The van der Waals surface area contributed by atoms with Crippen LogP contribution in [0.5, 0.6) is 11.5 Å². The lowest BCUT2D eigenvalue weighted by Gasteiger charge is -2.12. The number of fused-ring (bicyclic) bond motifs is 1. The first-order chi connectivity index (χ1) is 16.5. The summed E-state index contributed by atoms with van der Waals surface area (Å²) >= 11 is 0. The third-order valence-corrected chi connectivity index (χ3v) is 5.54. The Balaban J connectivity index is 1.50. The molecule has 2 N–H and O–H groups in total. The summed E-state index contributed by atoms with van der Waals surface area (Å²) < 4.78 is 35.2. The number of ketones is 1. The molecule has 0 spiro atoms. The second kappa shape index (κ2) is 8.40. The molecule has 0 aliphatic carbocycles. The summed E-state index contributed by atoms with van der Waals surface area (Å²) in [6.45, 7) is 1.64. The van der Waals surface area contributed by atoms with Crippen LogP contribution < -0.4 is 4.74 Å². The first-order valence-corrected chi connectivity index (χ1v) is 10.3. The van der Waals surface area contributed by atoms with Gasteiger partial charge in [0.25, 0.3) is 0 Å². The molecule has 2 aromatic heterocycles. The number of aromatic nitrogens is 3. The average Bonchev–Trinajstić information content (AvgIpc) is 3.50. The van der Waals surface area contributed by atoms with Gasteiger partial charge in [0.1, 0.15) is 23.1 Å². The molecular formula is C26H17F2N3O3. The van der Waals surface area contributed by atoms with Crippen LogP contribution in [0.25, 0.3) is 22.3 Å². The highest BCUT2D eigenvalue weighted by molar-refractivity contribution is 6.07. The summed E-state index contributed by atoms with van der Waals surface area (Å²) in [5.74, 6) is -1.30. The number of imidazole rings is 1. The fourth-order valence-corrected chi connectivity index (χ4v) is 3.88. The third-order valence-electron chi connectivity index (χ3n) is 5.54. The lowest BCUT2D eigenvalue weighted by Crippen LogP contribution is -2.01. The average molecular weight is 457 g/mol. The van der Waals surface area contributed by atoms with Crippen molar-refractivity contribution in [3.05, 3.63) is 101 Å². The number of aldehydes is 1. The number of aryl methyl sites for hydroxylation is 1. The number of ether oxygens (including phenoxy) is 1. The zero-order valence-corrected chi connectivity index (χ0v) is 17.9. The van der Waals surface area contributed by atoms with Crippen LogP contribution in [0.4, 0.5) is 8.78 Å². The number of carbonyl (C=O) groups excluding carboxylic acids is 2. The zero-order valence-electron chi connectivity index (χ0n) is 17.9. The highest BCUT2D eigenvalue weighted by Gasteiger charge is 2.19. The van der Waals surface area contributed by atoms with Gasteiger partial charge >= 0.3 is 0 Å². The second-order valence-corrected chi connectivity index (χ2v) is 7.68. The van der Waals surface area contributed by atoms with Gasteiger partial charge in [-0.15, -0.1) is 0 Å². The number of H-pyrrole nitrogens is 2. The Bertz CT molecular complexity index is 1550. The van der Waals surface area contributed by atoms with Crippen molar-refractivity contribution >= 4 is 23.0 Å². The normalized spacial score (nSPS) is 11.0. The molecule has 3 aromatic carbocycles. The van der Waals surface area contributed by atoms with Crippen LogP contribution in [-0.2, 0) is 0 Å². The molecule has 5 rings (SSSR count). The molecule has 0 saturated carbocycles. The number of nitrogens with zero attached hydrogens (tertiary/aromatic N) is 1. The van der Waals surface area contributed by atoms with E-state index in [1.807, 2.05) is 0 Å². The van der Waals surface area contributed by atoms with E-state index >= 15 is 0 Å². The number of benzene rings is 3. The molecule has 0 saturated heterocycles. The second-order valence-electron chi connectivity index (χ2n) is 7.68. The van der Waals surface area contributed by atoms with Gasteiger partial charge in [-0.2, -0.15) is 0 Å². The molecule has 0 amide bonds. The van der Waals surface area contributed by atoms with E-state index in [4.69, 9.17) is 4.74 Å². The van der Waals surface area contributed by atoms with E-state index in [1.165, 1.54) is 36.7 Å². The largest absolute Gasteiger partial charge is 0.454 e. The van der Waals surface area contributed by atoms with E-state index in [0.29, 0.717) is 33.9 Å². The van der Waals surface area contributed by atoms with E-state index in [2.05, 4.69) is 15.0 Å². The van der Waals surface area contributed by atoms with Crippen LogP contribution in [-0.4, -0.2) is 27.0 Å². The highest BCUT2D eigenvalue weighted by atomic mass is 19.1. The lowest BCUT2D eigenvalue weighted by atomic mass is 10.1. The molecule has 0 fully saturated rings. The fraction of sp³-hybridized carbons (Fsp3) is 0.0385. The molecule has 2 heterocycles. The predicted molar refractivity (Wildman–Crippen MR) is 122 cm³/mol. The summed E-state index contributed by atoms with van der Waals surface area (Å²) in [7, 11) is 0. The van der Waals surface area contributed by atoms with E-state index in [0.717, 1.165) is 0 Å². The Labute approximate surface area is 192 Å². The van der Waals surface area contributed by atoms with Gasteiger partial charge in [0, 0.05) is 39.9 Å². The Morgan fingerprint density at radius 2 is 1.85 bits per heavy atom. The molecule has 34 heavy (non-hydrogen) atoms. The number of hydrogen-bond donors (Lipinski definition) is 2. The standard InChI is InChI=1S/C26H17F2N3O3/c1-14-23-16(13-32)11-29-21(23)10-20(28)25(14)34-17-7-8-19(27)18(9-17)26-30-12-22(31-26)24(33)15-5-3-2-4-6-15/h2-13,29H,1H3,(H,30,31). The lowest BCUT2D eigenvalue weighted by molar-refractivity contribution is 0.103. The Kier molecular flexibility index (Phi) is 5.25. The Hall–Kier alpha value is -4.59. The van der Waals surface area contributed by atoms with Crippen LogP contribution in [0.3, 0.4) is 0 Å². The maximum absolute atomic E-state index is 14.8. The summed E-state index contributed by atoms with van der Waals surface area (Å²) in [5.41, 5.74) is 2.00. The van der Waals surface area contributed by atoms with Crippen LogP contribution in [0.1, 0.15) is 32.0 Å². The van der Waals surface area contributed by atoms with Gasteiger partial charge in [-0.1, -0.05) is 30.3 Å². The van der Waals surface area contributed by atoms with Crippen molar-refractivity contribution in [3.8, 4) is 22.9 Å². The van der Waals surface area contributed by atoms with Crippen molar-refractivity contribution in [2.75, 3.05) is 0 Å². The van der Waals surface area contributed by atoms with Crippen molar-refractivity contribution in [2.45, 2.75) is 6.92 Å². The zero-order chi connectivity index (χ0) is 23.8. The predicted octanol–water partition coefficient (Wildman–Crippen LogP) is 5.98. The first kappa shape index (κ1) is 21.3. The maximum atomic E-state index is 14.8. The van der Waals surface area contributed by atoms with Crippen molar-refractivity contribution in [1.82, 2.24) is 15.0 Å². The van der Waals surface area contributed by atoms with Crippen LogP contribution >= 0.6 is 0 Å². The van der Waals surface area contributed by atoms with Gasteiger partial charge in [-0.25, -0.2) is 13.8 Å². The van der Waals surface area contributed by atoms with Gasteiger partial charge in [0.2, 0.25) is 5.78 Å². The van der Waals surface area contributed by atoms with Crippen molar-refractivity contribution in [3.63, 3.8) is 0 Å². The number of halogens is 2. The number of hydrogen-bond acceptors (Lipinski definition) is 4. The molecular weight excluding hydrogens is 440 g/mol. The minimum atomic E-state index is -0.635. The molecule has 0 atom stereocenters. The number of carbonyl (C=O) groups is 2. The van der Waals surface area contributed by atoms with Crippen LogP contribution in [0.15, 0.2) is 67.0 Å². The fourth-order valence-electron chi connectivity index (χ4n) is 3.88. The number of rotatable bonds is 6.